The third-order valence-electron chi connectivity index (χ3n) is 3.09. The van der Waals surface area contributed by atoms with Gasteiger partial charge >= 0.3 is 0 Å². The fraction of sp³-hybridized carbons (Fsp3) is 0.850. The number of ether oxygens (including phenoxy) is 3. The van der Waals surface area contributed by atoms with Crippen LogP contribution in [0.15, 0.2) is 0 Å². The first kappa shape index (κ1) is 28.0. The molecule has 0 spiro atoms. The average Bonchev–Trinajstić information content (AvgIpc) is 2.65. The van der Waals surface area contributed by atoms with Crippen LogP contribution in [0.3, 0.4) is 0 Å². The van der Waals surface area contributed by atoms with Crippen LogP contribution in [0, 0.1) is 17.8 Å². The van der Waals surface area contributed by atoms with Crippen LogP contribution in [0.1, 0.15) is 47.0 Å². The van der Waals surface area contributed by atoms with Crippen molar-refractivity contribution in [1.82, 2.24) is 10.6 Å². The summed E-state index contributed by atoms with van der Waals surface area (Å²) in [4.78, 5) is 11.5. The first-order valence-corrected chi connectivity index (χ1v) is 9.98. The van der Waals surface area contributed by atoms with Gasteiger partial charge in [0.05, 0.1) is 39.6 Å². The molecule has 0 rings (SSSR count). The van der Waals surface area contributed by atoms with Crippen LogP contribution in [0.4, 0.5) is 0 Å². The molecule has 0 fully saturated rings. The molecule has 7 nitrogen and oxygen atoms in total. The molecule has 0 bridgehead atoms. The Morgan fingerprint density at radius 2 is 1.70 bits per heavy atom. The van der Waals surface area contributed by atoms with E-state index in [1.165, 1.54) is 0 Å². The Morgan fingerprint density at radius 1 is 1.07 bits per heavy atom. The Kier molecular flexibility index (Phi) is 23.8. The maximum atomic E-state index is 11.5. The van der Waals surface area contributed by atoms with Crippen LogP contribution in [-0.2, 0) is 19.0 Å². The van der Waals surface area contributed by atoms with E-state index in [-0.39, 0.29) is 12.1 Å². The Morgan fingerprint density at radius 3 is 2.33 bits per heavy atom. The summed E-state index contributed by atoms with van der Waals surface area (Å²) in [7, 11) is 1.91. The molecule has 0 aromatic carbocycles. The third-order valence-corrected chi connectivity index (χ3v) is 3.09. The Balaban J connectivity index is 0. The predicted octanol–water partition coefficient (Wildman–Crippen LogP) is 1.51. The van der Waals surface area contributed by atoms with Crippen molar-refractivity contribution in [3.05, 3.63) is 0 Å². The summed E-state index contributed by atoms with van der Waals surface area (Å²) in [6, 6.07) is 0. The van der Waals surface area contributed by atoms with Crippen LogP contribution in [-0.4, -0.2) is 65.3 Å². The molecule has 0 aliphatic rings. The van der Waals surface area contributed by atoms with Crippen LogP contribution in [0.25, 0.3) is 0 Å². The van der Waals surface area contributed by atoms with Crippen molar-refractivity contribution in [1.29, 1.82) is 0 Å². The summed E-state index contributed by atoms with van der Waals surface area (Å²) in [6.45, 7) is 11.6. The zero-order valence-corrected chi connectivity index (χ0v) is 17.9. The molecule has 0 aliphatic heterocycles. The second-order valence-corrected chi connectivity index (χ2v) is 5.88. The highest BCUT2D eigenvalue weighted by Crippen LogP contribution is 1.95. The molecular formula is C20H41N3O4. The molecule has 1 amide bonds. The second kappa shape index (κ2) is 22.9. The van der Waals surface area contributed by atoms with E-state index in [9.17, 15) is 4.79 Å². The van der Waals surface area contributed by atoms with Gasteiger partial charge in [-0.2, -0.15) is 0 Å². The lowest BCUT2D eigenvalue weighted by Crippen LogP contribution is -2.27. The third kappa shape index (κ3) is 24.8. The molecular weight excluding hydrogens is 346 g/mol. The molecule has 0 radical (unpaired) electrons. The van der Waals surface area contributed by atoms with Gasteiger partial charge in [-0.3, -0.25) is 4.79 Å². The minimum Gasteiger partial charge on any atom is -0.379 e. The van der Waals surface area contributed by atoms with E-state index in [2.05, 4.69) is 22.5 Å². The highest BCUT2D eigenvalue weighted by molar-refractivity contribution is 5.76. The number of carbonyl (C=O) groups is 1. The van der Waals surface area contributed by atoms with Gasteiger partial charge < -0.3 is 30.6 Å². The first-order chi connectivity index (χ1) is 13.1. The lowest BCUT2D eigenvalue weighted by atomic mass is 10.2. The van der Waals surface area contributed by atoms with Crippen molar-refractivity contribution in [2.45, 2.75) is 53.2 Å². The number of nitrogens with one attached hydrogen (secondary N) is 2. The van der Waals surface area contributed by atoms with Crippen LogP contribution < -0.4 is 16.4 Å². The molecule has 4 N–H and O–H groups in total. The zero-order valence-electron chi connectivity index (χ0n) is 17.9. The van der Waals surface area contributed by atoms with Gasteiger partial charge in [-0.1, -0.05) is 39.5 Å². The second-order valence-electron chi connectivity index (χ2n) is 5.88. The van der Waals surface area contributed by atoms with Gasteiger partial charge in [-0.25, -0.2) is 0 Å². The summed E-state index contributed by atoms with van der Waals surface area (Å²) < 4.78 is 16.2. The monoisotopic (exact) mass is 387 g/mol. The van der Waals surface area contributed by atoms with Gasteiger partial charge in [-0.15, -0.1) is 0 Å². The standard InChI is InChI=1S/C18H35N3O4.C2H6/c1-16(2)6-4-10-21-18(22)8-11-23-12-13-24-14-15-25-17(19)7-5-9-20-3;1-2/h16-17,20H,5,7-15,19H2,1-3H3,(H,21,22);1-2H3. The number of carbonyl (C=O) groups excluding carboxylic acids is 1. The number of hydrogen-bond acceptors (Lipinski definition) is 6. The fourth-order valence-electron chi connectivity index (χ4n) is 1.79. The molecule has 0 heterocycles. The molecule has 27 heavy (non-hydrogen) atoms. The summed E-state index contributed by atoms with van der Waals surface area (Å²) in [6.07, 6.45) is 1.91. The molecule has 160 valence electrons. The largest absolute Gasteiger partial charge is 0.379 e. The van der Waals surface area contributed by atoms with Gasteiger partial charge in [0.25, 0.3) is 0 Å². The average molecular weight is 388 g/mol. The van der Waals surface area contributed by atoms with E-state index in [1.807, 2.05) is 34.7 Å². The number of rotatable bonds is 15. The topological polar surface area (TPSA) is 94.8 Å². The molecule has 0 aliphatic carbocycles. The normalized spacial score (nSPS) is 11.2. The smallest absolute Gasteiger partial charge is 0.223 e. The van der Waals surface area contributed by atoms with Crippen molar-refractivity contribution in [2.75, 3.05) is 53.2 Å². The van der Waals surface area contributed by atoms with Gasteiger partial charge in [0.2, 0.25) is 5.91 Å². The van der Waals surface area contributed by atoms with Gasteiger partial charge in [0.15, 0.2) is 0 Å². The van der Waals surface area contributed by atoms with Gasteiger partial charge in [0, 0.05) is 12.3 Å². The quantitative estimate of drug-likeness (QED) is 0.224. The van der Waals surface area contributed by atoms with Gasteiger partial charge in [0.1, 0.15) is 6.23 Å². The minimum absolute atomic E-state index is 0.0559. The van der Waals surface area contributed by atoms with Crippen LogP contribution in [0.5, 0.6) is 0 Å². The lowest BCUT2D eigenvalue weighted by Gasteiger charge is -2.13. The lowest BCUT2D eigenvalue weighted by molar-refractivity contribution is -0.122. The van der Waals surface area contributed by atoms with Crippen molar-refractivity contribution in [3.63, 3.8) is 0 Å². The molecule has 0 saturated heterocycles. The van der Waals surface area contributed by atoms with Crippen molar-refractivity contribution in [3.8, 4) is 11.8 Å². The Labute approximate surface area is 166 Å². The highest BCUT2D eigenvalue weighted by Gasteiger charge is 2.02. The molecule has 0 saturated carbocycles. The summed E-state index contributed by atoms with van der Waals surface area (Å²) in [5, 5.41) is 5.80. The molecule has 7 heteroatoms. The fourth-order valence-corrected chi connectivity index (χ4v) is 1.79. The van der Waals surface area contributed by atoms with Crippen molar-refractivity contribution in [2.24, 2.45) is 11.7 Å². The molecule has 0 aromatic rings. The molecule has 1 unspecified atom stereocenters. The van der Waals surface area contributed by atoms with Crippen molar-refractivity contribution >= 4 is 5.91 Å². The van der Waals surface area contributed by atoms with Crippen LogP contribution in [0.2, 0.25) is 0 Å². The summed E-state index contributed by atoms with van der Waals surface area (Å²) in [5.74, 6) is 6.15. The van der Waals surface area contributed by atoms with Gasteiger partial charge in [-0.05, 0) is 26.4 Å². The maximum absolute atomic E-state index is 11.5. The zero-order chi connectivity index (χ0) is 20.8. The predicted molar refractivity (Wildman–Crippen MR) is 110 cm³/mol. The number of amides is 1. The number of hydrogen-bond donors (Lipinski definition) is 3. The summed E-state index contributed by atoms with van der Waals surface area (Å²) >= 11 is 0. The van der Waals surface area contributed by atoms with E-state index in [0.717, 1.165) is 19.4 Å². The maximum Gasteiger partial charge on any atom is 0.223 e. The minimum atomic E-state index is -0.239. The SMILES string of the molecule is CC.CNCCCC(N)OCCOCCOCCC(=O)NCC#CC(C)C. The van der Waals surface area contributed by atoms with Crippen molar-refractivity contribution < 1.29 is 19.0 Å². The Bertz CT molecular complexity index is 381. The highest BCUT2D eigenvalue weighted by atomic mass is 16.5. The van der Waals surface area contributed by atoms with E-state index < -0.39 is 0 Å². The summed E-state index contributed by atoms with van der Waals surface area (Å²) in [5.41, 5.74) is 5.80. The first-order valence-electron chi connectivity index (χ1n) is 9.98. The number of nitrogens with two attached hydrogens (primary N) is 1. The molecule has 1 atom stereocenters. The Hall–Kier alpha value is -1.17. The van der Waals surface area contributed by atoms with E-state index in [0.29, 0.717) is 51.9 Å². The van der Waals surface area contributed by atoms with E-state index >= 15 is 0 Å². The molecule has 0 aromatic heterocycles. The van der Waals surface area contributed by atoms with E-state index in [4.69, 9.17) is 19.9 Å². The van der Waals surface area contributed by atoms with Crippen LogP contribution >= 0.6 is 0 Å². The van der Waals surface area contributed by atoms with E-state index in [1.54, 1.807) is 0 Å².